The van der Waals surface area contributed by atoms with Gasteiger partial charge in [-0.2, -0.15) is 5.26 Å². The van der Waals surface area contributed by atoms with Crippen LogP contribution in [0.15, 0.2) is 0 Å². The van der Waals surface area contributed by atoms with Gasteiger partial charge in [0.05, 0.1) is 6.07 Å². The molecule has 0 aromatic carbocycles. The Kier molecular flexibility index (Phi) is 2.67. The second kappa shape index (κ2) is 3.55. The molecule has 0 amide bonds. The van der Waals surface area contributed by atoms with Gasteiger partial charge in [0, 0.05) is 13.0 Å². The fraction of sp³-hybridized carbons (Fsp3) is 0.857. The number of ether oxygens (including phenoxy) is 2. The van der Waals surface area contributed by atoms with Gasteiger partial charge in [0.25, 0.3) is 0 Å². The zero-order valence-electron chi connectivity index (χ0n) is 6.04. The topological polar surface area (TPSA) is 42.2 Å². The summed E-state index contributed by atoms with van der Waals surface area (Å²) in [5.74, 6) is 0. The van der Waals surface area contributed by atoms with Crippen LogP contribution in [0, 0.1) is 11.3 Å². The maximum absolute atomic E-state index is 8.42. The van der Waals surface area contributed by atoms with Gasteiger partial charge in [-0.3, -0.25) is 0 Å². The molecule has 1 heterocycles. The summed E-state index contributed by atoms with van der Waals surface area (Å²) in [7, 11) is 0. The SMILES string of the molecule is CCOC1CCC(C#N)O1. The summed E-state index contributed by atoms with van der Waals surface area (Å²) < 4.78 is 10.3. The Morgan fingerprint density at radius 1 is 1.70 bits per heavy atom. The molecule has 3 heteroatoms. The normalized spacial score (nSPS) is 32.0. The van der Waals surface area contributed by atoms with E-state index >= 15 is 0 Å². The van der Waals surface area contributed by atoms with Crippen molar-refractivity contribution < 1.29 is 9.47 Å². The van der Waals surface area contributed by atoms with Crippen molar-refractivity contribution in [3.8, 4) is 6.07 Å². The third kappa shape index (κ3) is 1.69. The van der Waals surface area contributed by atoms with E-state index in [9.17, 15) is 0 Å². The standard InChI is InChI=1S/C7H11NO2/c1-2-9-7-4-3-6(5-8)10-7/h6-7H,2-4H2,1H3. The van der Waals surface area contributed by atoms with Crippen LogP contribution in [-0.2, 0) is 9.47 Å². The van der Waals surface area contributed by atoms with E-state index in [-0.39, 0.29) is 12.4 Å². The van der Waals surface area contributed by atoms with Crippen LogP contribution in [0.25, 0.3) is 0 Å². The Morgan fingerprint density at radius 2 is 2.50 bits per heavy atom. The van der Waals surface area contributed by atoms with Crippen molar-refractivity contribution in [1.29, 1.82) is 5.26 Å². The second-order valence-electron chi connectivity index (χ2n) is 2.22. The third-order valence-electron chi connectivity index (χ3n) is 1.48. The van der Waals surface area contributed by atoms with E-state index < -0.39 is 0 Å². The zero-order valence-corrected chi connectivity index (χ0v) is 6.04. The minimum absolute atomic E-state index is 0.130. The molecule has 1 fully saturated rings. The Bertz CT molecular complexity index is 141. The summed E-state index contributed by atoms with van der Waals surface area (Å²) in [6.07, 6.45) is 1.29. The predicted octanol–water partition coefficient (Wildman–Crippen LogP) is 1.05. The third-order valence-corrected chi connectivity index (χ3v) is 1.48. The van der Waals surface area contributed by atoms with Crippen molar-refractivity contribution in [2.45, 2.75) is 32.2 Å². The highest BCUT2D eigenvalue weighted by Crippen LogP contribution is 2.19. The van der Waals surface area contributed by atoms with Crippen molar-refractivity contribution in [2.75, 3.05) is 6.61 Å². The molecule has 0 aromatic rings. The van der Waals surface area contributed by atoms with Gasteiger partial charge in [-0.25, -0.2) is 0 Å². The lowest BCUT2D eigenvalue weighted by Gasteiger charge is -2.08. The van der Waals surface area contributed by atoms with Crippen LogP contribution in [0.2, 0.25) is 0 Å². The fourth-order valence-electron chi connectivity index (χ4n) is 1.01. The van der Waals surface area contributed by atoms with E-state index in [0.717, 1.165) is 12.8 Å². The van der Waals surface area contributed by atoms with Crippen LogP contribution >= 0.6 is 0 Å². The number of hydrogen-bond donors (Lipinski definition) is 0. The average Bonchev–Trinajstić information content (AvgIpc) is 2.37. The maximum Gasteiger partial charge on any atom is 0.159 e. The van der Waals surface area contributed by atoms with Crippen LogP contribution in [0.4, 0.5) is 0 Å². The summed E-state index contributed by atoms with van der Waals surface area (Å²) in [5.41, 5.74) is 0. The van der Waals surface area contributed by atoms with Crippen LogP contribution in [-0.4, -0.2) is 19.0 Å². The molecule has 0 N–H and O–H groups in total. The Morgan fingerprint density at radius 3 is 3.00 bits per heavy atom. The zero-order chi connectivity index (χ0) is 7.40. The highest BCUT2D eigenvalue weighted by molar-refractivity contribution is 4.87. The highest BCUT2D eigenvalue weighted by Gasteiger charge is 2.24. The van der Waals surface area contributed by atoms with Gasteiger partial charge >= 0.3 is 0 Å². The molecule has 0 spiro atoms. The number of nitrogens with zero attached hydrogens (tertiary/aromatic N) is 1. The fourth-order valence-corrected chi connectivity index (χ4v) is 1.01. The minimum Gasteiger partial charge on any atom is -0.353 e. The van der Waals surface area contributed by atoms with Crippen LogP contribution in [0.3, 0.4) is 0 Å². The molecule has 1 rings (SSSR count). The van der Waals surface area contributed by atoms with E-state index in [1.807, 2.05) is 6.92 Å². The highest BCUT2D eigenvalue weighted by atomic mass is 16.7. The number of hydrogen-bond acceptors (Lipinski definition) is 3. The average molecular weight is 141 g/mol. The molecule has 56 valence electrons. The lowest BCUT2D eigenvalue weighted by molar-refractivity contribution is -0.119. The molecular weight excluding hydrogens is 130 g/mol. The Balaban J connectivity index is 2.23. The molecule has 0 radical (unpaired) electrons. The van der Waals surface area contributed by atoms with Gasteiger partial charge in [0.1, 0.15) is 6.10 Å². The predicted molar refractivity (Wildman–Crippen MR) is 35.1 cm³/mol. The van der Waals surface area contributed by atoms with E-state index in [1.54, 1.807) is 0 Å². The van der Waals surface area contributed by atoms with Gasteiger partial charge in [-0.1, -0.05) is 0 Å². The van der Waals surface area contributed by atoms with Crippen LogP contribution in [0.5, 0.6) is 0 Å². The van der Waals surface area contributed by atoms with Gasteiger partial charge in [-0.05, 0) is 13.3 Å². The van der Waals surface area contributed by atoms with Crippen molar-refractivity contribution in [3.05, 3.63) is 0 Å². The number of nitriles is 1. The molecule has 0 saturated carbocycles. The van der Waals surface area contributed by atoms with Crippen molar-refractivity contribution >= 4 is 0 Å². The Labute approximate surface area is 60.5 Å². The molecule has 1 aliphatic rings. The summed E-state index contributed by atoms with van der Waals surface area (Å²) in [6, 6.07) is 2.05. The molecule has 1 saturated heterocycles. The summed E-state index contributed by atoms with van der Waals surface area (Å²) in [6.45, 7) is 2.58. The molecule has 0 aliphatic carbocycles. The largest absolute Gasteiger partial charge is 0.353 e. The summed E-state index contributed by atoms with van der Waals surface area (Å²) in [5, 5.41) is 8.42. The summed E-state index contributed by atoms with van der Waals surface area (Å²) >= 11 is 0. The van der Waals surface area contributed by atoms with Crippen molar-refractivity contribution in [2.24, 2.45) is 0 Å². The quantitative estimate of drug-likeness (QED) is 0.577. The molecule has 10 heavy (non-hydrogen) atoms. The van der Waals surface area contributed by atoms with Gasteiger partial charge < -0.3 is 9.47 Å². The Hall–Kier alpha value is -0.590. The first-order valence-corrected chi connectivity index (χ1v) is 3.53. The molecular formula is C7H11NO2. The van der Waals surface area contributed by atoms with Crippen molar-refractivity contribution in [1.82, 2.24) is 0 Å². The van der Waals surface area contributed by atoms with E-state index in [4.69, 9.17) is 14.7 Å². The monoisotopic (exact) mass is 141 g/mol. The van der Waals surface area contributed by atoms with Crippen LogP contribution in [0.1, 0.15) is 19.8 Å². The molecule has 1 aliphatic heterocycles. The smallest absolute Gasteiger partial charge is 0.159 e. The van der Waals surface area contributed by atoms with E-state index in [0.29, 0.717) is 6.61 Å². The van der Waals surface area contributed by atoms with E-state index in [1.165, 1.54) is 0 Å². The van der Waals surface area contributed by atoms with Gasteiger partial charge in [0.2, 0.25) is 0 Å². The van der Waals surface area contributed by atoms with E-state index in [2.05, 4.69) is 6.07 Å². The number of rotatable bonds is 2. The lowest BCUT2D eigenvalue weighted by atomic mass is 10.2. The first-order valence-electron chi connectivity index (χ1n) is 3.53. The van der Waals surface area contributed by atoms with Gasteiger partial charge in [-0.15, -0.1) is 0 Å². The first kappa shape index (κ1) is 7.52. The summed E-state index contributed by atoms with van der Waals surface area (Å²) in [4.78, 5) is 0. The molecule has 3 nitrogen and oxygen atoms in total. The van der Waals surface area contributed by atoms with Crippen LogP contribution < -0.4 is 0 Å². The van der Waals surface area contributed by atoms with Crippen molar-refractivity contribution in [3.63, 3.8) is 0 Å². The maximum atomic E-state index is 8.42. The first-order chi connectivity index (χ1) is 4.86. The molecule has 2 unspecified atom stereocenters. The van der Waals surface area contributed by atoms with Gasteiger partial charge in [0.15, 0.2) is 6.29 Å². The molecule has 2 atom stereocenters. The molecule has 0 aromatic heterocycles. The second-order valence-corrected chi connectivity index (χ2v) is 2.22. The minimum atomic E-state index is -0.239. The molecule has 0 bridgehead atoms. The lowest BCUT2D eigenvalue weighted by Crippen LogP contribution is -2.12.